The first-order valence-electron chi connectivity index (χ1n) is 7.60. The molecule has 0 atom stereocenters. The second kappa shape index (κ2) is 6.49. The molecule has 24 heavy (non-hydrogen) atoms. The van der Waals surface area contributed by atoms with Crippen molar-refractivity contribution in [3.63, 3.8) is 0 Å². The molecule has 1 amide bonds. The number of amides is 1. The van der Waals surface area contributed by atoms with Crippen molar-refractivity contribution in [1.29, 1.82) is 0 Å². The molecule has 0 spiro atoms. The smallest absolute Gasteiger partial charge is 0.260 e. The fourth-order valence-electron chi connectivity index (χ4n) is 2.57. The zero-order valence-electron chi connectivity index (χ0n) is 13.7. The van der Waals surface area contributed by atoms with Crippen molar-refractivity contribution in [2.24, 2.45) is 7.05 Å². The first-order valence-corrected chi connectivity index (χ1v) is 7.98. The molecule has 0 bridgehead atoms. The Labute approximate surface area is 145 Å². The third-order valence-electron chi connectivity index (χ3n) is 3.61. The molecule has 0 unspecified atom stereocenters. The fourth-order valence-corrected chi connectivity index (χ4v) is 2.75. The molecule has 0 fully saturated rings. The van der Waals surface area contributed by atoms with Gasteiger partial charge in [0.25, 0.3) is 5.91 Å². The van der Waals surface area contributed by atoms with Crippen molar-refractivity contribution in [3.05, 3.63) is 59.0 Å². The second-order valence-electron chi connectivity index (χ2n) is 5.82. The lowest BCUT2D eigenvalue weighted by molar-refractivity contribution is 0.102. The molecule has 0 radical (unpaired) electrons. The van der Waals surface area contributed by atoms with E-state index in [1.807, 2.05) is 32.0 Å². The van der Waals surface area contributed by atoms with Crippen LogP contribution in [0.5, 0.6) is 0 Å². The Morgan fingerprint density at radius 2 is 2.08 bits per heavy atom. The molecule has 0 aliphatic rings. The molecule has 2 aromatic heterocycles. The Kier molecular flexibility index (Phi) is 4.40. The maximum absolute atomic E-state index is 12.6. The zero-order valence-corrected chi connectivity index (χ0v) is 14.4. The highest BCUT2D eigenvalue weighted by Gasteiger charge is 2.21. The fraction of sp³-hybridized carbons (Fsp3) is 0.235. The van der Waals surface area contributed by atoms with E-state index < -0.39 is 0 Å². The summed E-state index contributed by atoms with van der Waals surface area (Å²) in [5.41, 5.74) is 2.17. The van der Waals surface area contributed by atoms with Gasteiger partial charge in [-0.1, -0.05) is 31.5 Å². The van der Waals surface area contributed by atoms with Gasteiger partial charge in [0.15, 0.2) is 5.82 Å². The summed E-state index contributed by atoms with van der Waals surface area (Å²) in [7, 11) is 1.80. The number of anilines is 1. The largest absolute Gasteiger partial charge is 0.305 e. The van der Waals surface area contributed by atoms with Crippen molar-refractivity contribution < 1.29 is 4.79 Å². The van der Waals surface area contributed by atoms with Crippen LogP contribution in [0.15, 0.2) is 42.7 Å². The van der Waals surface area contributed by atoms with Crippen LogP contribution in [0.25, 0.3) is 5.69 Å². The molecule has 1 N–H and O–H groups in total. The first kappa shape index (κ1) is 16.3. The van der Waals surface area contributed by atoms with E-state index in [0.29, 0.717) is 16.4 Å². The van der Waals surface area contributed by atoms with Crippen LogP contribution in [-0.4, -0.2) is 25.5 Å². The predicted octanol–water partition coefficient (Wildman–Crippen LogP) is 3.63. The Morgan fingerprint density at radius 3 is 2.71 bits per heavy atom. The van der Waals surface area contributed by atoms with Crippen LogP contribution in [0.3, 0.4) is 0 Å². The highest BCUT2D eigenvalue weighted by molar-refractivity contribution is 6.30. The number of halogens is 1. The molecule has 6 nitrogen and oxygen atoms in total. The molecule has 3 rings (SSSR count). The summed E-state index contributed by atoms with van der Waals surface area (Å²) in [6, 6.07) is 9.13. The Balaban J connectivity index is 1.98. The molecule has 2 heterocycles. The molecule has 124 valence electrons. The number of benzene rings is 1. The van der Waals surface area contributed by atoms with Gasteiger partial charge in [-0.2, -0.15) is 10.2 Å². The summed E-state index contributed by atoms with van der Waals surface area (Å²) in [4.78, 5) is 12.6. The van der Waals surface area contributed by atoms with E-state index in [4.69, 9.17) is 11.6 Å². The minimum absolute atomic E-state index is 0.107. The Bertz CT molecular complexity index is 881. The number of carbonyl (C=O) groups is 1. The van der Waals surface area contributed by atoms with E-state index in [1.165, 1.54) is 0 Å². The summed E-state index contributed by atoms with van der Waals surface area (Å²) in [6.45, 7) is 4.05. The summed E-state index contributed by atoms with van der Waals surface area (Å²) in [6.07, 6.45) is 3.35. The third-order valence-corrected chi connectivity index (χ3v) is 3.84. The highest BCUT2D eigenvalue weighted by Crippen LogP contribution is 2.25. The molecular formula is C17H18ClN5O. The summed E-state index contributed by atoms with van der Waals surface area (Å²) in [5.74, 6) is 0.384. The van der Waals surface area contributed by atoms with Crippen molar-refractivity contribution in [3.8, 4) is 5.69 Å². The van der Waals surface area contributed by atoms with E-state index in [0.717, 1.165) is 11.4 Å². The van der Waals surface area contributed by atoms with Gasteiger partial charge in [-0.15, -0.1) is 0 Å². The predicted molar refractivity (Wildman–Crippen MR) is 93.8 cm³/mol. The van der Waals surface area contributed by atoms with Gasteiger partial charge in [0.1, 0.15) is 0 Å². The van der Waals surface area contributed by atoms with E-state index in [2.05, 4.69) is 15.5 Å². The summed E-state index contributed by atoms with van der Waals surface area (Å²) < 4.78 is 3.39. The molecule has 0 saturated carbocycles. The van der Waals surface area contributed by atoms with Crippen LogP contribution >= 0.6 is 11.6 Å². The van der Waals surface area contributed by atoms with Gasteiger partial charge in [-0.3, -0.25) is 9.48 Å². The van der Waals surface area contributed by atoms with Crippen LogP contribution in [0.1, 0.15) is 35.8 Å². The zero-order chi connectivity index (χ0) is 17.3. The van der Waals surface area contributed by atoms with Gasteiger partial charge in [0.05, 0.1) is 23.1 Å². The van der Waals surface area contributed by atoms with E-state index in [-0.39, 0.29) is 11.8 Å². The van der Waals surface area contributed by atoms with Gasteiger partial charge >= 0.3 is 0 Å². The maximum atomic E-state index is 12.6. The van der Waals surface area contributed by atoms with Crippen molar-refractivity contribution in [2.45, 2.75) is 19.8 Å². The standard InChI is InChI=1S/C17H18ClN5O/c1-11(2)16-14(17(24)20-15-7-8-22(3)21-15)10-19-23(16)13-6-4-5-12(18)9-13/h4-11H,1-3H3,(H,20,21,24). The number of rotatable bonds is 4. The number of nitrogens with zero attached hydrogens (tertiary/aromatic N) is 4. The van der Waals surface area contributed by atoms with Crippen LogP contribution < -0.4 is 5.32 Å². The first-order chi connectivity index (χ1) is 11.5. The number of aromatic nitrogens is 4. The average molecular weight is 344 g/mol. The van der Waals surface area contributed by atoms with Gasteiger partial charge in [0.2, 0.25) is 0 Å². The van der Waals surface area contributed by atoms with Crippen molar-refractivity contribution in [2.75, 3.05) is 5.32 Å². The van der Waals surface area contributed by atoms with E-state index in [1.54, 1.807) is 40.9 Å². The Morgan fingerprint density at radius 1 is 1.29 bits per heavy atom. The molecule has 1 aromatic carbocycles. The molecule has 0 aliphatic heterocycles. The minimum atomic E-state index is -0.231. The maximum Gasteiger partial charge on any atom is 0.260 e. The summed E-state index contributed by atoms with van der Waals surface area (Å²) in [5, 5.41) is 12.0. The van der Waals surface area contributed by atoms with Gasteiger partial charge < -0.3 is 5.32 Å². The molecule has 0 saturated heterocycles. The lowest BCUT2D eigenvalue weighted by Gasteiger charge is -2.12. The normalized spacial score (nSPS) is 11.0. The second-order valence-corrected chi connectivity index (χ2v) is 6.26. The SMILES string of the molecule is CC(C)c1c(C(=O)Nc2ccn(C)n2)cnn1-c1cccc(Cl)c1. The minimum Gasteiger partial charge on any atom is -0.305 e. The average Bonchev–Trinajstić information content (AvgIpc) is 3.13. The van der Waals surface area contributed by atoms with Gasteiger partial charge in [0, 0.05) is 24.3 Å². The van der Waals surface area contributed by atoms with Gasteiger partial charge in [-0.25, -0.2) is 4.68 Å². The molecule has 3 aromatic rings. The van der Waals surface area contributed by atoms with Crippen LogP contribution in [0.2, 0.25) is 5.02 Å². The lowest BCUT2D eigenvalue weighted by atomic mass is 10.1. The number of aryl methyl sites for hydroxylation is 1. The monoisotopic (exact) mass is 343 g/mol. The van der Waals surface area contributed by atoms with Crippen LogP contribution in [0, 0.1) is 0 Å². The van der Waals surface area contributed by atoms with Gasteiger partial charge in [-0.05, 0) is 24.1 Å². The molecular weight excluding hydrogens is 326 g/mol. The summed E-state index contributed by atoms with van der Waals surface area (Å²) >= 11 is 6.07. The van der Waals surface area contributed by atoms with Crippen LogP contribution in [0.4, 0.5) is 5.82 Å². The highest BCUT2D eigenvalue weighted by atomic mass is 35.5. The van der Waals surface area contributed by atoms with E-state index >= 15 is 0 Å². The third kappa shape index (κ3) is 3.19. The molecule has 0 aliphatic carbocycles. The van der Waals surface area contributed by atoms with Crippen molar-refractivity contribution in [1.82, 2.24) is 19.6 Å². The molecule has 7 heteroatoms. The van der Waals surface area contributed by atoms with Crippen LogP contribution in [-0.2, 0) is 7.05 Å². The number of hydrogen-bond donors (Lipinski definition) is 1. The lowest BCUT2D eigenvalue weighted by Crippen LogP contribution is -2.16. The number of carbonyl (C=O) groups excluding carboxylic acids is 1. The number of nitrogens with one attached hydrogen (secondary N) is 1. The van der Waals surface area contributed by atoms with Crippen molar-refractivity contribution >= 4 is 23.3 Å². The number of hydrogen-bond acceptors (Lipinski definition) is 3. The Hall–Kier alpha value is -2.60. The van der Waals surface area contributed by atoms with E-state index in [9.17, 15) is 4.79 Å². The quantitative estimate of drug-likeness (QED) is 0.786. The topological polar surface area (TPSA) is 64.7 Å².